The minimum absolute atomic E-state index is 0.185. The average Bonchev–Trinajstić information content (AvgIpc) is 2.81. The van der Waals surface area contributed by atoms with Gasteiger partial charge < -0.3 is 10.4 Å². The van der Waals surface area contributed by atoms with Gasteiger partial charge in [-0.15, -0.1) is 11.3 Å². The molecule has 0 bridgehead atoms. The molecule has 1 aromatic rings. The van der Waals surface area contributed by atoms with E-state index in [0.29, 0.717) is 23.3 Å². The van der Waals surface area contributed by atoms with Crippen LogP contribution in [-0.2, 0) is 11.3 Å². The average molecular weight is 308 g/mol. The monoisotopic (exact) mass is 308 g/mol. The fourth-order valence-electron chi connectivity index (χ4n) is 3.35. The van der Waals surface area contributed by atoms with Crippen LogP contribution in [0.5, 0.6) is 0 Å². The Morgan fingerprint density at radius 3 is 3.05 bits per heavy atom. The molecule has 114 valence electrons. The molecule has 21 heavy (non-hydrogen) atoms. The number of aryl methyl sites for hydroxylation is 1. The van der Waals surface area contributed by atoms with E-state index in [4.69, 9.17) is 5.11 Å². The fourth-order valence-corrected chi connectivity index (χ4v) is 4.23. The number of amides is 1. The third kappa shape index (κ3) is 3.11. The van der Waals surface area contributed by atoms with Crippen LogP contribution in [0.25, 0.3) is 0 Å². The Balaban J connectivity index is 1.64. The second-order valence-corrected chi connectivity index (χ2v) is 7.25. The summed E-state index contributed by atoms with van der Waals surface area (Å²) in [5.41, 5.74) is 1.12. The molecule has 3 rings (SSSR count). The number of piperidine rings is 2. The Kier molecular flexibility index (Phi) is 3.99. The Labute approximate surface area is 128 Å². The molecule has 2 N–H and O–H groups in total. The zero-order chi connectivity index (χ0) is 15.0. The number of nitrogens with zero attached hydrogens (tertiary/aromatic N) is 1. The van der Waals surface area contributed by atoms with Gasteiger partial charge in [0.2, 0.25) is 5.91 Å². The molecular formula is C15H20N2O3S. The van der Waals surface area contributed by atoms with E-state index in [1.807, 2.05) is 6.92 Å². The molecular weight excluding hydrogens is 288 g/mol. The summed E-state index contributed by atoms with van der Waals surface area (Å²) < 4.78 is 0. The van der Waals surface area contributed by atoms with Crippen LogP contribution in [0.3, 0.4) is 0 Å². The van der Waals surface area contributed by atoms with Crippen LogP contribution < -0.4 is 5.32 Å². The van der Waals surface area contributed by atoms with Gasteiger partial charge in [0.25, 0.3) is 0 Å². The maximum Gasteiger partial charge on any atom is 0.345 e. The van der Waals surface area contributed by atoms with Crippen molar-refractivity contribution in [3.8, 4) is 0 Å². The normalized spacial score (nSPS) is 26.2. The number of carbonyl (C=O) groups excluding carboxylic acids is 1. The minimum Gasteiger partial charge on any atom is -0.477 e. The van der Waals surface area contributed by atoms with Gasteiger partial charge >= 0.3 is 5.97 Å². The fraction of sp³-hybridized carbons (Fsp3) is 0.600. The predicted molar refractivity (Wildman–Crippen MR) is 80.6 cm³/mol. The first-order valence-corrected chi connectivity index (χ1v) is 8.19. The number of carboxylic acids is 1. The summed E-state index contributed by atoms with van der Waals surface area (Å²) in [4.78, 5) is 26.4. The molecule has 0 spiro atoms. The molecule has 2 aliphatic rings. The van der Waals surface area contributed by atoms with Gasteiger partial charge in [-0.05, 0) is 37.3 Å². The largest absolute Gasteiger partial charge is 0.477 e. The molecule has 3 heterocycles. The highest BCUT2D eigenvalue weighted by Gasteiger charge is 2.33. The van der Waals surface area contributed by atoms with Crippen molar-refractivity contribution < 1.29 is 14.7 Å². The molecule has 0 saturated carbocycles. The lowest BCUT2D eigenvalue weighted by Gasteiger charge is -2.41. The van der Waals surface area contributed by atoms with E-state index in [2.05, 4.69) is 10.2 Å². The lowest BCUT2D eigenvalue weighted by atomic mass is 9.85. The number of rotatable bonds is 3. The van der Waals surface area contributed by atoms with E-state index in [0.717, 1.165) is 42.9 Å². The van der Waals surface area contributed by atoms with Crippen LogP contribution in [0.2, 0.25) is 0 Å². The van der Waals surface area contributed by atoms with Crippen molar-refractivity contribution in [3.05, 3.63) is 21.4 Å². The van der Waals surface area contributed by atoms with Gasteiger partial charge in [0, 0.05) is 37.0 Å². The lowest BCUT2D eigenvalue weighted by Crippen LogP contribution is -2.53. The molecule has 2 fully saturated rings. The smallest absolute Gasteiger partial charge is 0.345 e. The molecule has 2 saturated heterocycles. The number of carbonyl (C=O) groups is 2. The van der Waals surface area contributed by atoms with Crippen molar-refractivity contribution in [1.82, 2.24) is 10.2 Å². The van der Waals surface area contributed by atoms with Crippen molar-refractivity contribution in [2.24, 2.45) is 5.92 Å². The standard InChI is InChI=1S/C15H20N2O3S/c1-9-11(6-13(21-9)15(19)20)8-17-5-4-12-10(7-17)2-3-14(18)16-12/h6,10,12H,2-5,7-8H2,1H3,(H,16,18)(H,19,20). The van der Waals surface area contributed by atoms with Crippen LogP contribution in [0.15, 0.2) is 6.07 Å². The van der Waals surface area contributed by atoms with E-state index in [-0.39, 0.29) is 5.91 Å². The highest BCUT2D eigenvalue weighted by molar-refractivity contribution is 7.14. The topological polar surface area (TPSA) is 69.6 Å². The second-order valence-electron chi connectivity index (χ2n) is 5.99. The van der Waals surface area contributed by atoms with Crippen molar-refractivity contribution in [2.75, 3.05) is 13.1 Å². The van der Waals surface area contributed by atoms with Gasteiger partial charge in [-0.2, -0.15) is 0 Å². The molecule has 1 amide bonds. The first-order valence-electron chi connectivity index (χ1n) is 7.37. The van der Waals surface area contributed by atoms with Crippen LogP contribution in [-0.4, -0.2) is 41.0 Å². The number of carboxylic acid groups (broad SMARTS) is 1. The number of fused-ring (bicyclic) bond motifs is 1. The third-order valence-electron chi connectivity index (χ3n) is 4.53. The Morgan fingerprint density at radius 1 is 1.52 bits per heavy atom. The maximum atomic E-state index is 11.4. The SMILES string of the molecule is Cc1sc(C(=O)O)cc1CN1CCC2NC(=O)CCC2C1. The van der Waals surface area contributed by atoms with Crippen LogP contribution >= 0.6 is 11.3 Å². The van der Waals surface area contributed by atoms with Crippen LogP contribution in [0, 0.1) is 12.8 Å². The second kappa shape index (κ2) is 5.77. The van der Waals surface area contributed by atoms with Gasteiger partial charge in [0.05, 0.1) is 0 Å². The number of likely N-dealkylation sites (tertiary alicyclic amines) is 1. The first-order chi connectivity index (χ1) is 10.0. The molecule has 2 atom stereocenters. The molecule has 1 aromatic heterocycles. The number of hydrogen-bond acceptors (Lipinski definition) is 4. The number of hydrogen-bond donors (Lipinski definition) is 2. The van der Waals surface area contributed by atoms with Crippen molar-refractivity contribution in [3.63, 3.8) is 0 Å². The van der Waals surface area contributed by atoms with Crippen molar-refractivity contribution in [1.29, 1.82) is 0 Å². The number of nitrogens with one attached hydrogen (secondary N) is 1. The molecule has 2 aliphatic heterocycles. The zero-order valence-corrected chi connectivity index (χ0v) is 12.9. The summed E-state index contributed by atoms with van der Waals surface area (Å²) >= 11 is 1.35. The van der Waals surface area contributed by atoms with Gasteiger partial charge in [0.1, 0.15) is 4.88 Å². The molecule has 6 heteroatoms. The Morgan fingerprint density at radius 2 is 2.33 bits per heavy atom. The van der Waals surface area contributed by atoms with Gasteiger partial charge in [-0.1, -0.05) is 0 Å². The highest BCUT2D eigenvalue weighted by atomic mass is 32.1. The van der Waals surface area contributed by atoms with Crippen LogP contribution in [0.1, 0.15) is 39.4 Å². The Bertz CT molecular complexity index is 569. The summed E-state index contributed by atoms with van der Waals surface area (Å²) in [5, 5.41) is 12.2. The van der Waals surface area contributed by atoms with Crippen molar-refractivity contribution in [2.45, 2.75) is 38.8 Å². The molecule has 5 nitrogen and oxygen atoms in total. The summed E-state index contributed by atoms with van der Waals surface area (Å²) in [6.45, 7) is 4.74. The van der Waals surface area contributed by atoms with Gasteiger partial charge in [0.15, 0.2) is 0 Å². The predicted octanol–water partition coefficient (Wildman–Crippen LogP) is 1.86. The van der Waals surface area contributed by atoms with E-state index in [9.17, 15) is 9.59 Å². The third-order valence-corrected chi connectivity index (χ3v) is 5.61. The molecule has 0 aliphatic carbocycles. The highest BCUT2D eigenvalue weighted by Crippen LogP contribution is 2.28. The number of aromatic carboxylic acids is 1. The summed E-state index contributed by atoms with van der Waals surface area (Å²) in [6.07, 6.45) is 2.59. The van der Waals surface area contributed by atoms with Gasteiger partial charge in [-0.3, -0.25) is 9.69 Å². The zero-order valence-electron chi connectivity index (χ0n) is 12.1. The first kappa shape index (κ1) is 14.5. The minimum atomic E-state index is -0.844. The number of thiophene rings is 1. The summed E-state index contributed by atoms with van der Waals surface area (Å²) in [6, 6.07) is 2.14. The molecule has 0 aromatic carbocycles. The maximum absolute atomic E-state index is 11.4. The molecule has 0 radical (unpaired) electrons. The van der Waals surface area contributed by atoms with Crippen molar-refractivity contribution >= 4 is 23.2 Å². The molecule has 2 unspecified atom stereocenters. The van der Waals surface area contributed by atoms with E-state index in [1.165, 1.54) is 11.3 Å². The summed E-state index contributed by atoms with van der Waals surface area (Å²) in [7, 11) is 0. The quantitative estimate of drug-likeness (QED) is 0.894. The lowest BCUT2D eigenvalue weighted by molar-refractivity contribution is -0.125. The Hall–Kier alpha value is -1.40. The van der Waals surface area contributed by atoms with E-state index in [1.54, 1.807) is 6.07 Å². The van der Waals surface area contributed by atoms with E-state index >= 15 is 0 Å². The van der Waals surface area contributed by atoms with E-state index < -0.39 is 5.97 Å². The summed E-state index contributed by atoms with van der Waals surface area (Å²) in [5.74, 6) is -0.123. The van der Waals surface area contributed by atoms with Gasteiger partial charge in [-0.25, -0.2) is 4.79 Å². The van der Waals surface area contributed by atoms with Crippen LogP contribution in [0.4, 0.5) is 0 Å².